The van der Waals surface area contributed by atoms with Gasteiger partial charge in [0.05, 0.1) is 6.04 Å². The van der Waals surface area contributed by atoms with E-state index in [0.717, 1.165) is 31.6 Å². The summed E-state index contributed by atoms with van der Waals surface area (Å²) in [6, 6.07) is 6.35. The summed E-state index contributed by atoms with van der Waals surface area (Å²) in [6.45, 7) is 16.7. The molecule has 0 aliphatic rings. The van der Waals surface area contributed by atoms with Crippen molar-refractivity contribution in [2.45, 2.75) is 73.4 Å². The zero-order chi connectivity index (χ0) is 17.6. The van der Waals surface area contributed by atoms with Crippen molar-refractivity contribution in [3.05, 3.63) is 29.3 Å². The lowest BCUT2D eigenvalue weighted by molar-refractivity contribution is -0.124. The second-order valence-corrected chi connectivity index (χ2v) is 6.60. The van der Waals surface area contributed by atoms with Gasteiger partial charge >= 0.3 is 0 Å². The zero-order valence-electron chi connectivity index (χ0n) is 16.0. The molecular weight excluding hydrogens is 284 g/mol. The topological polar surface area (TPSA) is 23.6 Å². The van der Waals surface area contributed by atoms with Gasteiger partial charge in [0.1, 0.15) is 0 Å². The van der Waals surface area contributed by atoms with E-state index >= 15 is 0 Å². The Kier molecular flexibility index (Phi) is 7.77. The van der Waals surface area contributed by atoms with Gasteiger partial charge in [0.2, 0.25) is 5.91 Å². The van der Waals surface area contributed by atoms with Crippen LogP contribution in [0, 0.1) is 13.8 Å². The molecule has 0 fully saturated rings. The van der Waals surface area contributed by atoms with Gasteiger partial charge in [0.15, 0.2) is 0 Å². The molecule has 0 N–H and O–H groups in total. The van der Waals surface area contributed by atoms with Gasteiger partial charge in [-0.25, -0.2) is 0 Å². The van der Waals surface area contributed by atoms with Gasteiger partial charge in [-0.15, -0.1) is 0 Å². The fourth-order valence-corrected chi connectivity index (χ4v) is 3.38. The Hall–Kier alpha value is -1.35. The summed E-state index contributed by atoms with van der Waals surface area (Å²) in [5.74, 6) is 0.232. The molecule has 3 heteroatoms. The molecule has 130 valence electrons. The lowest BCUT2D eigenvalue weighted by Gasteiger charge is -2.37. The van der Waals surface area contributed by atoms with Crippen LogP contribution in [0.4, 0.5) is 5.69 Å². The Bertz CT molecular complexity index is 490. The predicted molar refractivity (Wildman–Crippen MR) is 100 cm³/mol. The fraction of sp³-hybridized carbons (Fsp3) is 0.650. The van der Waals surface area contributed by atoms with E-state index in [4.69, 9.17) is 0 Å². The number of hydrogen-bond donors (Lipinski definition) is 0. The minimum atomic E-state index is -0.0404. The number of nitrogens with zero attached hydrogens (tertiary/aromatic N) is 2. The van der Waals surface area contributed by atoms with Crippen LogP contribution in [0.5, 0.6) is 0 Å². The van der Waals surface area contributed by atoms with Crippen molar-refractivity contribution in [1.82, 2.24) is 4.90 Å². The molecule has 0 bridgehead atoms. The van der Waals surface area contributed by atoms with E-state index in [2.05, 4.69) is 71.6 Å². The van der Waals surface area contributed by atoms with Crippen molar-refractivity contribution < 1.29 is 4.79 Å². The molecule has 3 nitrogen and oxygen atoms in total. The molecule has 0 radical (unpaired) electrons. The highest BCUT2D eigenvalue weighted by molar-refractivity contribution is 5.99. The highest BCUT2D eigenvalue weighted by Gasteiger charge is 2.31. The van der Waals surface area contributed by atoms with Crippen LogP contribution in [0.2, 0.25) is 0 Å². The van der Waals surface area contributed by atoms with Gasteiger partial charge in [-0.1, -0.05) is 39.0 Å². The van der Waals surface area contributed by atoms with E-state index in [0.29, 0.717) is 0 Å². The van der Waals surface area contributed by atoms with E-state index in [1.807, 2.05) is 4.90 Å². The van der Waals surface area contributed by atoms with Gasteiger partial charge in [0, 0.05) is 11.7 Å². The summed E-state index contributed by atoms with van der Waals surface area (Å²) < 4.78 is 0. The Morgan fingerprint density at radius 1 is 1.09 bits per heavy atom. The molecule has 1 amide bonds. The average molecular weight is 319 g/mol. The van der Waals surface area contributed by atoms with Crippen molar-refractivity contribution in [3.8, 4) is 0 Å². The molecule has 0 aromatic heterocycles. The summed E-state index contributed by atoms with van der Waals surface area (Å²) in [7, 11) is 0. The van der Waals surface area contributed by atoms with Crippen LogP contribution in [0.25, 0.3) is 0 Å². The molecular formula is C20H34N2O. The van der Waals surface area contributed by atoms with E-state index < -0.39 is 0 Å². The lowest BCUT2D eigenvalue weighted by Crippen LogP contribution is -2.51. The first-order chi connectivity index (χ1) is 10.9. The number of rotatable bonds is 8. The van der Waals surface area contributed by atoms with Crippen LogP contribution in [0.3, 0.4) is 0 Å². The monoisotopic (exact) mass is 318 g/mol. The van der Waals surface area contributed by atoms with Crippen LogP contribution < -0.4 is 4.90 Å². The number of benzene rings is 1. The maximum atomic E-state index is 13.4. The molecule has 1 unspecified atom stereocenters. The van der Waals surface area contributed by atoms with Gasteiger partial charge < -0.3 is 4.90 Å². The summed E-state index contributed by atoms with van der Waals surface area (Å²) >= 11 is 0. The van der Waals surface area contributed by atoms with E-state index in [1.165, 1.54) is 11.1 Å². The summed E-state index contributed by atoms with van der Waals surface area (Å²) in [5.41, 5.74) is 3.42. The van der Waals surface area contributed by atoms with Crippen LogP contribution in [-0.2, 0) is 4.79 Å². The second-order valence-electron chi connectivity index (χ2n) is 6.60. The van der Waals surface area contributed by atoms with Gasteiger partial charge in [-0.2, -0.15) is 0 Å². The van der Waals surface area contributed by atoms with Crippen LogP contribution in [0.1, 0.15) is 58.6 Å². The molecule has 1 aromatic carbocycles. The number of carbonyl (C=O) groups is 1. The van der Waals surface area contributed by atoms with Crippen molar-refractivity contribution in [2.24, 2.45) is 0 Å². The Balaban J connectivity index is 3.26. The smallest absolute Gasteiger partial charge is 0.244 e. The SMILES string of the molecule is CCCN(CC)C(CC)C(=O)N(c1c(C)cccc1C)C(C)C. The number of hydrogen-bond acceptors (Lipinski definition) is 2. The van der Waals surface area contributed by atoms with E-state index in [9.17, 15) is 4.79 Å². The lowest BCUT2D eigenvalue weighted by atomic mass is 10.0. The third-order valence-electron chi connectivity index (χ3n) is 4.46. The van der Waals surface area contributed by atoms with Crippen LogP contribution >= 0.6 is 0 Å². The van der Waals surface area contributed by atoms with E-state index in [-0.39, 0.29) is 18.0 Å². The van der Waals surface area contributed by atoms with Gasteiger partial charge in [-0.05, 0) is 64.8 Å². The maximum Gasteiger partial charge on any atom is 0.244 e. The number of anilines is 1. The minimum Gasteiger partial charge on any atom is -0.308 e. The third-order valence-corrected chi connectivity index (χ3v) is 4.46. The summed E-state index contributed by atoms with van der Waals surface area (Å²) in [6.07, 6.45) is 1.92. The van der Waals surface area contributed by atoms with Crippen molar-refractivity contribution in [3.63, 3.8) is 0 Å². The number of amides is 1. The van der Waals surface area contributed by atoms with Crippen LogP contribution in [-0.4, -0.2) is 36.0 Å². The molecule has 1 atom stereocenters. The van der Waals surface area contributed by atoms with Crippen molar-refractivity contribution >= 4 is 11.6 Å². The first-order valence-electron chi connectivity index (χ1n) is 9.02. The first-order valence-corrected chi connectivity index (χ1v) is 9.02. The first kappa shape index (κ1) is 19.7. The van der Waals surface area contributed by atoms with Gasteiger partial charge in [-0.3, -0.25) is 9.69 Å². The molecule has 0 heterocycles. The molecule has 0 aliphatic heterocycles. The maximum absolute atomic E-state index is 13.4. The van der Waals surface area contributed by atoms with Gasteiger partial charge in [0.25, 0.3) is 0 Å². The molecule has 0 saturated heterocycles. The largest absolute Gasteiger partial charge is 0.308 e. The van der Waals surface area contributed by atoms with Crippen LogP contribution in [0.15, 0.2) is 18.2 Å². The zero-order valence-corrected chi connectivity index (χ0v) is 16.0. The molecule has 0 saturated carbocycles. The third kappa shape index (κ3) is 4.57. The predicted octanol–water partition coefficient (Wildman–Crippen LogP) is 4.56. The quantitative estimate of drug-likeness (QED) is 0.702. The highest BCUT2D eigenvalue weighted by Crippen LogP contribution is 2.28. The average Bonchev–Trinajstić information content (AvgIpc) is 2.50. The summed E-state index contributed by atoms with van der Waals surface area (Å²) in [5, 5.41) is 0. The molecule has 23 heavy (non-hydrogen) atoms. The van der Waals surface area contributed by atoms with E-state index in [1.54, 1.807) is 0 Å². The second kappa shape index (κ2) is 9.07. The molecule has 0 spiro atoms. The molecule has 1 rings (SSSR count). The number of carbonyl (C=O) groups excluding carboxylic acids is 1. The Morgan fingerprint density at radius 3 is 2.04 bits per heavy atom. The fourth-order valence-electron chi connectivity index (χ4n) is 3.38. The molecule has 1 aromatic rings. The number of likely N-dealkylation sites (N-methyl/N-ethyl adjacent to an activating group) is 1. The number of para-hydroxylation sites is 1. The van der Waals surface area contributed by atoms with Crippen molar-refractivity contribution in [2.75, 3.05) is 18.0 Å². The standard InChI is InChI=1S/C20H34N2O/c1-8-14-21(10-3)18(9-2)20(23)22(15(4)5)19-16(6)12-11-13-17(19)7/h11-13,15,18H,8-10,14H2,1-7H3. The Labute approximate surface area is 142 Å². The Morgan fingerprint density at radius 2 is 1.65 bits per heavy atom. The highest BCUT2D eigenvalue weighted by atomic mass is 16.2. The normalized spacial score (nSPS) is 12.7. The number of aryl methyl sites for hydroxylation is 2. The summed E-state index contributed by atoms with van der Waals surface area (Å²) in [4.78, 5) is 17.7. The molecule has 0 aliphatic carbocycles. The minimum absolute atomic E-state index is 0.0404. The van der Waals surface area contributed by atoms with Crippen molar-refractivity contribution in [1.29, 1.82) is 0 Å².